The molecule has 0 spiro atoms. The highest BCUT2D eigenvalue weighted by molar-refractivity contribution is 7.17. The molecule has 2 saturated heterocycles. The Balaban J connectivity index is 0.00000182. The van der Waals surface area contributed by atoms with Gasteiger partial charge in [0, 0.05) is 30.9 Å². The van der Waals surface area contributed by atoms with Crippen molar-refractivity contribution in [2.45, 2.75) is 18.8 Å². The topological polar surface area (TPSA) is 35.6 Å². The number of carbonyl (C=O) groups is 1. The number of hydrogen-bond acceptors (Lipinski definition) is 3. The Bertz CT molecular complexity index is 745. The highest BCUT2D eigenvalue weighted by Gasteiger charge is 2.24. The first kappa shape index (κ1) is 18.4. The van der Waals surface area contributed by atoms with Gasteiger partial charge in [0.25, 0.3) is 0 Å². The van der Waals surface area contributed by atoms with E-state index in [4.69, 9.17) is 0 Å². The van der Waals surface area contributed by atoms with E-state index in [1.807, 2.05) is 11.0 Å². The number of thiophene rings is 1. The molecule has 2 aliphatic heterocycles. The Labute approximate surface area is 157 Å². The zero-order chi connectivity index (χ0) is 16.5. The van der Waals surface area contributed by atoms with Crippen molar-refractivity contribution >= 4 is 39.9 Å². The van der Waals surface area contributed by atoms with Crippen LogP contribution in [-0.2, 0) is 0 Å². The van der Waals surface area contributed by atoms with Gasteiger partial charge in [0.15, 0.2) is 0 Å². The molecular weight excluding hydrogens is 361 g/mol. The highest BCUT2D eigenvalue weighted by atomic mass is 35.5. The van der Waals surface area contributed by atoms with Crippen LogP contribution in [0, 0.1) is 5.82 Å². The fraction of sp³-hybridized carbons (Fsp3) is 0.500. The maximum atomic E-state index is 13.3. The molecule has 2 amide bonds. The van der Waals surface area contributed by atoms with Crippen LogP contribution in [0.2, 0.25) is 0 Å². The van der Waals surface area contributed by atoms with Crippen LogP contribution < -0.4 is 5.32 Å². The summed E-state index contributed by atoms with van der Waals surface area (Å²) in [7, 11) is 0. The zero-order valence-corrected chi connectivity index (χ0v) is 15.7. The third kappa shape index (κ3) is 3.91. The number of urea groups is 1. The van der Waals surface area contributed by atoms with Crippen molar-refractivity contribution in [3.63, 3.8) is 0 Å². The molecule has 25 heavy (non-hydrogen) atoms. The average Bonchev–Trinajstić information content (AvgIpc) is 3.19. The van der Waals surface area contributed by atoms with Gasteiger partial charge in [-0.05, 0) is 60.3 Å². The molecule has 0 aliphatic carbocycles. The van der Waals surface area contributed by atoms with E-state index in [0.29, 0.717) is 5.92 Å². The molecule has 1 N–H and O–H groups in total. The van der Waals surface area contributed by atoms with Crippen molar-refractivity contribution in [1.82, 2.24) is 15.1 Å². The van der Waals surface area contributed by atoms with E-state index < -0.39 is 0 Å². The minimum Gasteiger partial charge on any atom is -0.336 e. The lowest BCUT2D eigenvalue weighted by Crippen LogP contribution is -2.40. The molecule has 0 unspecified atom stereocenters. The molecule has 1 aromatic carbocycles. The molecule has 7 heteroatoms. The molecule has 2 fully saturated rings. The van der Waals surface area contributed by atoms with Gasteiger partial charge < -0.3 is 15.1 Å². The molecule has 4 nitrogen and oxygen atoms in total. The maximum absolute atomic E-state index is 13.3. The zero-order valence-electron chi connectivity index (χ0n) is 14.0. The molecule has 1 aromatic heterocycles. The molecular formula is C18H23ClFN3OS. The number of benzene rings is 1. The van der Waals surface area contributed by atoms with Gasteiger partial charge in [0.1, 0.15) is 5.82 Å². The summed E-state index contributed by atoms with van der Waals surface area (Å²) in [5, 5.41) is 6.27. The molecule has 2 aromatic rings. The minimum absolute atomic E-state index is 0. The van der Waals surface area contributed by atoms with Crippen LogP contribution in [0.25, 0.3) is 10.1 Å². The number of piperidine rings is 1. The lowest BCUT2D eigenvalue weighted by molar-refractivity contribution is 0.181. The number of fused-ring (bicyclic) bond motifs is 1. The van der Waals surface area contributed by atoms with E-state index in [1.165, 1.54) is 10.9 Å². The van der Waals surface area contributed by atoms with Gasteiger partial charge >= 0.3 is 6.03 Å². The van der Waals surface area contributed by atoms with Crippen molar-refractivity contribution in [1.29, 1.82) is 0 Å². The van der Waals surface area contributed by atoms with Crippen LogP contribution in [0.3, 0.4) is 0 Å². The third-order valence-corrected chi connectivity index (χ3v) is 6.19. The van der Waals surface area contributed by atoms with E-state index in [2.05, 4.69) is 15.6 Å². The number of hydrogen-bond donors (Lipinski definition) is 1. The Morgan fingerprint density at radius 3 is 2.72 bits per heavy atom. The molecule has 0 radical (unpaired) electrons. The summed E-state index contributed by atoms with van der Waals surface area (Å²) in [4.78, 5) is 15.9. The second-order valence-electron chi connectivity index (χ2n) is 6.67. The number of nitrogens with zero attached hydrogens (tertiary/aromatic N) is 2. The van der Waals surface area contributed by atoms with Gasteiger partial charge in [-0.3, -0.25) is 0 Å². The SMILES string of the molecule is Cl.O=C1NCCN1CCN1CCC(c2csc3cc(F)ccc23)CC1. The Morgan fingerprint density at radius 2 is 2.00 bits per heavy atom. The third-order valence-electron chi connectivity index (χ3n) is 5.23. The summed E-state index contributed by atoms with van der Waals surface area (Å²) in [6, 6.07) is 5.20. The van der Waals surface area contributed by atoms with Gasteiger partial charge in [-0.1, -0.05) is 6.07 Å². The van der Waals surface area contributed by atoms with Gasteiger partial charge in [-0.15, -0.1) is 23.7 Å². The van der Waals surface area contributed by atoms with E-state index in [-0.39, 0.29) is 24.3 Å². The fourth-order valence-electron chi connectivity index (χ4n) is 3.79. The van der Waals surface area contributed by atoms with Gasteiger partial charge in [-0.2, -0.15) is 0 Å². The van der Waals surface area contributed by atoms with E-state index >= 15 is 0 Å². The predicted octanol–water partition coefficient (Wildman–Crippen LogP) is 3.67. The largest absolute Gasteiger partial charge is 0.336 e. The number of rotatable bonds is 4. The average molecular weight is 384 g/mol. The van der Waals surface area contributed by atoms with Crippen molar-refractivity contribution < 1.29 is 9.18 Å². The first-order chi connectivity index (χ1) is 11.7. The van der Waals surface area contributed by atoms with Crippen LogP contribution in [0.1, 0.15) is 24.3 Å². The Morgan fingerprint density at radius 1 is 1.20 bits per heavy atom. The van der Waals surface area contributed by atoms with Crippen LogP contribution in [0.15, 0.2) is 23.6 Å². The van der Waals surface area contributed by atoms with Gasteiger partial charge in [0.05, 0.1) is 0 Å². The normalized spacial score (nSPS) is 19.2. The number of halogens is 2. The van der Waals surface area contributed by atoms with Crippen LogP contribution in [0.5, 0.6) is 0 Å². The molecule has 136 valence electrons. The standard InChI is InChI=1S/C18H22FN3OS.ClH/c19-14-1-2-15-16(12-24-17(15)11-14)13-3-6-21(7-4-13)9-10-22-8-5-20-18(22)23;/h1-2,11-13H,3-10H2,(H,20,23);1H. The molecule has 3 heterocycles. The summed E-state index contributed by atoms with van der Waals surface area (Å²) in [5.74, 6) is 0.409. The maximum Gasteiger partial charge on any atom is 0.317 e. The summed E-state index contributed by atoms with van der Waals surface area (Å²) >= 11 is 1.65. The molecule has 0 atom stereocenters. The van der Waals surface area contributed by atoms with Crippen LogP contribution in [-0.4, -0.2) is 55.1 Å². The Hall–Kier alpha value is -1.37. The smallest absolute Gasteiger partial charge is 0.317 e. The summed E-state index contributed by atoms with van der Waals surface area (Å²) in [5.41, 5.74) is 1.38. The van der Waals surface area contributed by atoms with E-state index in [9.17, 15) is 9.18 Å². The number of nitrogens with one attached hydrogen (secondary N) is 1. The Kier molecular flexibility index (Phi) is 5.81. The van der Waals surface area contributed by atoms with Crippen molar-refractivity contribution in [3.8, 4) is 0 Å². The lowest BCUT2D eigenvalue weighted by atomic mass is 9.89. The number of amides is 2. The van der Waals surface area contributed by atoms with Gasteiger partial charge in [-0.25, -0.2) is 9.18 Å². The van der Waals surface area contributed by atoms with Crippen LogP contribution in [0.4, 0.5) is 9.18 Å². The van der Waals surface area contributed by atoms with Crippen molar-refractivity contribution in [2.24, 2.45) is 0 Å². The first-order valence-corrected chi connectivity index (χ1v) is 9.50. The summed E-state index contributed by atoms with van der Waals surface area (Å²) in [6.45, 7) is 5.50. The molecule has 0 bridgehead atoms. The van der Waals surface area contributed by atoms with Gasteiger partial charge in [0.2, 0.25) is 0 Å². The van der Waals surface area contributed by atoms with E-state index in [1.54, 1.807) is 23.5 Å². The van der Waals surface area contributed by atoms with Crippen LogP contribution >= 0.6 is 23.7 Å². The van der Waals surface area contributed by atoms with E-state index in [0.717, 1.165) is 56.8 Å². The number of likely N-dealkylation sites (tertiary alicyclic amines) is 1. The first-order valence-electron chi connectivity index (χ1n) is 8.62. The molecule has 2 aliphatic rings. The fourth-order valence-corrected chi connectivity index (χ4v) is 4.86. The monoisotopic (exact) mass is 383 g/mol. The summed E-state index contributed by atoms with van der Waals surface area (Å²) < 4.78 is 14.4. The second-order valence-corrected chi connectivity index (χ2v) is 7.58. The second kappa shape index (κ2) is 7.89. The lowest BCUT2D eigenvalue weighted by Gasteiger charge is -2.32. The quantitative estimate of drug-likeness (QED) is 0.874. The molecule has 4 rings (SSSR count). The molecule has 0 saturated carbocycles. The predicted molar refractivity (Wildman–Crippen MR) is 102 cm³/mol. The number of carbonyl (C=O) groups excluding carboxylic acids is 1. The minimum atomic E-state index is -0.156. The van der Waals surface area contributed by atoms with Crippen molar-refractivity contribution in [3.05, 3.63) is 35.0 Å². The highest BCUT2D eigenvalue weighted by Crippen LogP contribution is 2.36. The van der Waals surface area contributed by atoms with Crippen molar-refractivity contribution in [2.75, 3.05) is 39.3 Å². The summed E-state index contributed by atoms with van der Waals surface area (Å²) in [6.07, 6.45) is 2.27.